The van der Waals surface area contributed by atoms with E-state index in [0.717, 1.165) is 37.0 Å². The SMILES string of the molecule is C[C@H](C(O)C(O)(O)C(=O)O)[C@H]1CC[C@H]2[C@@H]3CCC4CCCC[C@]4(C)[C@H]3CC[C@]12C. The highest BCUT2D eigenvalue weighted by molar-refractivity contribution is 5.75. The molecule has 4 N–H and O–H groups in total. The Morgan fingerprint density at radius 2 is 1.62 bits per heavy atom. The van der Waals surface area contributed by atoms with Crippen molar-refractivity contribution >= 4 is 5.97 Å². The van der Waals surface area contributed by atoms with Gasteiger partial charge in [0.25, 0.3) is 5.79 Å². The molecule has 0 bridgehead atoms. The lowest BCUT2D eigenvalue weighted by atomic mass is 9.44. The van der Waals surface area contributed by atoms with E-state index >= 15 is 0 Å². The van der Waals surface area contributed by atoms with Crippen LogP contribution in [0.3, 0.4) is 0 Å². The predicted octanol–water partition coefficient (Wildman–Crippen LogP) is 3.80. The molecule has 4 aliphatic rings. The number of carbonyl (C=O) groups is 1. The first-order valence-corrected chi connectivity index (χ1v) is 11.9. The molecule has 2 unspecified atom stereocenters. The normalized spacial score (nSPS) is 46.9. The van der Waals surface area contributed by atoms with E-state index in [-0.39, 0.29) is 11.3 Å². The zero-order valence-corrected chi connectivity index (χ0v) is 18.3. The van der Waals surface area contributed by atoms with E-state index in [2.05, 4.69) is 13.8 Å². The second-order valence-electron chi connectivity index (χ2n) is 11.5. The molecule has 4 rings (SSSR count). The van der Waals surface area contributed by atoms with Crippen molar-refractivity contribution in [1.29, 1.82) is 0 Å². The summed E-state index contributed by atoms with van der Waals surface area (Å²) in [5.74, 6) is -2.17. The van der Waals surface area contributed by atoms with Gasteiger partial charge in [-0.25, -0.2) is 4.79 Å². The molecule has 166 valence electrons. The second-order valence-corrected chi connectivity index (χ2v) is 11.5. The Hall–Kier alpha value is -0.650. The van der Waals surface area contributed by atoms with Crippen LogP contribution in [0.1, 0.15) is 85.0 Å². The predicted molar refractivity (Wildman–Crippen MR) is 110 cm³/mol. The number of carboxylic acids is 1. The summed E-state index contributed by atoms with van der Waals surface area (Å²) < 4.78 is 0. The van der Waals surface area contributed by atoms with E-state index in [1.165, 1.54) is 44.9 Å². The molecular weight excluding hydrogens is 368 g/mol. The van der Waals surface area contributed by atoms with E-state index < -0.39 is 23.8 Å². The lowest BCUT2D eigenvalue weighted by Crippen LogP contribution is -2.56. The summed E-state index contributed by atoms with van der Waals surface area (Å²) in [6.07, 6.45) is 10.9. The third-order valence-electron chi connectivity index (χ3n) is 10.5. The molecule has 4 fully saturated rings. The van der Waals surface area contributed by atoms with Crippen molar-refractivity contribution in [2.75, 3.05) is 0 Å². The largest absolute Gasteiger partial charge is 0.477 e. The van der Waals surface area contributed by atoms with Crippen molar-refractivity contribution in [2.45, 2.75) is 96.9 Å². The van der Waals surface area contributed by atoms with Gasteiger partial charge in [-0.1, -0.05) is 33.6 Å². The molecule has 5 heteroatoms. The van der Waals surface area contributed by atoms with Crippen LogP contribution >= 0.6 is 0 Å². The topological polar surface area (TPSA) is 98.0 Å². The Balaban J connectivity index is 1.56. The molecule has 4 saturated carbocycles. The van der Waals surface area contributed by atoms with Crippen LogP contribution in [0.25, 0.3) is 0 Å². The number of aliphatic carboxylic acids is 1. The molecule has 0 amide bonds. The number of aliphatic hydroxyl groups excluding tert-OH is 1. The summed E-state index contributed by atoms with van der Waals surface area (Å²) in [5.41, 5.74) is 0.536. The maximum absolute atomic E-state index is 11.2. The minimum absolute atomic E-state index is 0.0496. The Morgan fingerprint density at radius 1 is 0.931 bits per heavy atom. The first-order valence-electron chi connectivity index (χ1n) is 11.9. The molecule has 0 spiro atoms. The van der Waals surface area contributed by atoms with Crippen molar-refractivity contribution in [1.82, 2.24) is 0 Å². The minimum atomic E-state index is -3.08. The first kappa shape index (κ1) is 21.6. The van der Waals surface area contributed by atoms with Crippen LogP contribution in [0.5, 0.6) is 0 Å². The fraction of sp³-hybridized carbons (Fsp3) is 0.958. The van der Waals surface area contributed by atoms with Crippen molar-refractivity contribution < 1.29 is 25.2 Å². The maximum Gasteiger partial charge on any atom is 0.366 e. The molecule has 4 aliphatic carbocycles. The third-order valence-corrected chi connectivity index (χ3v) is 10.5. The highest BCUT2D eigenvalue weighted by atomic mass is 16.6. The lowest BCUT2D eigenvalue weighted by Gasteiger charge is -2.61. The molecule has 0 aromatic carbocycles. The summed E-state index contributed by atoms with van der Waals surface area (Å²) in [5, 5.41) is 39.5. The second kappa shape index (κ2) is 7.20. The van der Waals surface area contributed by atoms with Crippen LogP contribution in [0.2, 0.25) is 0 Å². The molecule has 0 saturated heterocycles. The number of fused-ring (bicyclic) bond motifs is 5. The number of carboxylic acid groups (broad SMARTS) is 1. The van der Waals surface area contributed by atoms with E-state index in [4.69, 9.17) is 5.11 Å². The summed E-state index contributed by atoms with van der Waals surface area (Å²) in [6, 6.07) is 0. The first-order chi connectivity index (χ1) is 13.5. The van der Waals surface area contributed by atoms with Crippen molar-refractivity contribution in [3.63, 3.8) is 0 Å². The van der Waals surface area contributed by atoms with Crippen LogP contribution in [-0.2, 0) is 4.79 Å². The standard InChI is InChI=1S/C24H40O5/c1-14(20(25)24(28,29)21(26)27)17-9-10-18-16-8-7-15-6-4-5-12-22(15,2)19(16)11-13-23(17,18)3/h14-20,25,28-29H,4-13H2,1-3H3,(H,26,27)/t14-,15?,16-,17+,18-,19-,20?,22-,23+/m0/s1. The summed E-state index contributed by atoms with van der Waals surface area (Å²) in [4.78, 5) is 11.2. The fourth-order valence-corrected chi connectivity index (χ4v) is 8.91. The van der Waals surface area contributed by atoms with Crippen LogP contribution in [0, 0.1) is 46.3 Å². The molecule has 0 aromatic rings. The average Bonchev–Trinajstić information content (AvgIpc) is 3.03. The molecule has 0 aliphatic heterocycles. The number of aliphatic hydroxyl groups is 3. The van der Waals surface area contributed by atoms with Crippen LogP contribution in [0.15, 0.2) is 0 Å². The van der Waals surface area contributed by atoms with Gasteiger partial charge >= 0.3 is 5.97 Å². The van der Waals surface area contributed by atoms with E-state index in [1.54, 1.807) is 6.92 Å². The van der Waals surface area contributed by atoms with Gasteiger partial charge in [0.15, 0.2) is 0 Å². The number of hydrogen-bond acceptors (Lipinski definition) is 4. The van der Waals surface area contributed by atoms with E-state index in [9.17, 15) is 20.1 Å². The lowest BCUT2D eigenvalue weighted by molar-refractivity contribution is -0.249. The van der Waals surface area contributed by atoms with Crippen molar-refractivity contribution in [3.05, 3.63) is 0 Å². The Labute approximate surface area is 174 Å². The van der Waals surface area contributed by atoms with Gasteiger partial charge in [0.2, 0.25) is 0 Å². The zero-order chi connectivity index (χ0) is 21.2. The summed E-state index contributed by atoms with van der Waals surface area (Å²) in [7, 11) is 0. The minimum Gasteiger partial charge on any atom is -0.477 e. The Bertz CT molecular complexity index is 647. The van der Waals surface area contributed by atoms with Gasteiger partial charge in [-0.05, 0) is 97.7 Å². The number of hydrogen-bond donors (Lipinski definition) is 4. The van der Waals surface area contributed by atoms with Crippen LogP contribution < -0.4 is 0 Å². The van der Waals surface area contributed by atoms with Gasteiger partial charge in [0, 0.05) is 0 Å². The smallest absolute Gasteiger partial charge is 0.366 e. The number of rotatable bonds is 4. The molecule has 29 heavy (non-hydrogen) atoms. The zero-order valence-electron chi connectivity index (χ0n) is 18.3. The summed E-state index contributed by atoms with van der Waals surface area (Å²) in [6.45, 7) is 6.70. The molecule has 0 heterocycles. The maximum atomic E-state index is 11.2. The Morgan fingerprint density at radius 3 is 2.31 bits per heavy atom. The highest BCUT2D eigenvalue weighted by Gasteiger charge is 2.61. The van der Waals surface area contributed by atoms with Gasteiger partial charge in [0.1, 0.15) is 6.10 Å². The summed E-state index contributed by atoms with van der Waals surface area (Å²) >= 11 is 0. The fourth-order valence-electron chi connectivity index (χ4n) is 8.91. The van der Waals surface area contributed by atoms with Crippen molar-refractivity contribution in [3.8, 4) is 0 Å². The van der Waals surface area contributed by atoms with Gasteiger partial charge < -0.3 is 20.4 Å². The quantitative estimate of drug-likeness (QED) is 0.531. The molecule has 5 nitrogen and oxygen atoms in total. The van der Waals surface area contributed by atoms with E-state index in [0.29, 0.717) is 11.3 Å². The van der Waals surface area contributed by atoms with Crippen LogP contribution in [-0.4, -0.2) is 38.3 Å². The molecule has 0 radical (unpaired) electrons. The third kappa shape index (κ3) is 3.10. The molecule has 9 atom stereocenters. The van der Waals surface area contributed by atoms with Gasteiger partial charge in [-0.2, -0.15) is 0 Å². The average molecular weight is 409 g/mol. The van der Waals surface area contributed by atoms with Gasteiger partial charge in [-0.15, -0.1) is 0 Å². The van der Waals surface area contributed by atoms with Crippen molar-refractivity contribution in [2.24, 2.45) is 46.3 Å². The monoisotopic (exact) mass is 408 g/mol. The van der Waals surface area contributed by atoms with E-state index in [1.807, 2.05) is 0 Å². The molecule has 0 aromatic heterocycles. The Kier molecular flexibility index (Phi) is 5.36. The van der Waals surface area contributed by atoms with Crippen LogP contribution in [0.4, 0.5) is 0 Å². The van der Waals surface area contributed by atoms with Gasteiger partial charge in [0.05, 0.1) is 0 Å². The highest BCUT2D eigenvalue weighted by Crippen LogP contribution is 2.68. The van der Waals surface area contributed by atoms with Gasteiger partial charge in [-0.3, -0.25) is 0 Å². The molecular formula is C24H40O5.